The summed E-state index contributed by atoms with van der Waals surface area (Å²) in [5.41, 5.74) is 0.821. The molecule has 10 nitrogen and oxygen atoms in total. The summed E-state index contributed by atoms with van der Waals surface area (Å²) in [6.45, 7) is 4.29. The zero-order valence-corrected chi connectivity index (χ0v) is 15.2. The van der Waals surface area contributed by atoms with E-state index in [9.17, 15) is 24.3 Å². The Morgan fingerprint density at radius 1 is 1.11 bits per heavy atom. The van der Waals surface area contributed by atoms with Gasteiger partial charge < -0.3 is 25.4 Å². The molecule has 4 N–H and O–H groups in total. The lowest BCUT2D eigenvalue weighted by molar-refractivity contribution is -0.149. The summed E-state index contributed by atoms with van der Waals surface area (Å²) in [5, 5.41) is 29.4. The molecule has 1 amide bonds. The van der Waals surface area contributed by atoms with Crippen molar-refractivity contribution in [1.29, 1.82) is 0 Å². The topological polar surface area (TPSA) is 153 Å². The van der Waals surface area contributed by atoms with E-state index in [2.05, 4.69) is 11.9 Å². The SMILES string of the molecule is C=CC=C(C)COC(=O)NCCCCC(C(=O)O)N(CC(=O)O)CC(=O)O. The summed E-state index contributed by atoms with van der Waals surface area (Å²) in [6, 6.07) is -1.24. The maximum atomic E-state index is 11.5. The highest BCUT2D eigenvalue weighted by Crippen LogP contribution is 2.09. The van der Waals surface area contributed by atoms with E-state index in [1.807, 2.05) is 0 Å². The van der Waals surface area contributed by atoms with Gasteiger partial charge in [-0.3, -0.25) is 19.3 Å². The van der Waals surface area contributed by atoms with E-state index in [1.165, 1.54) is 0 Å². The Hall–Kier alpha value is -2.88. The molecule has 0 saturated heterocycles. The van der Waals surface area contributed by atoms with Gasteiger partial charge in [0.1, 0.15) is 12.6 Å². The standard InChI is InChI=1S/C17H26N2O8/c1-3-6-12(2)11-27-17(26)18-8-5-4-7-13(16(24)25)19(9-14(20)21)10-15(22)23/h3,6,13H,1,4-5,7-11H2,2H3,(H,18,26)(H,20,21)(H,22,23)(H,24,25). The van der Waals surface area contributed by atoms with Crippen LogP contribution in [0.1, 0.15) is 26.2 Å². The molecule has 0 aromatic rings. The van der Waals surface area contributed by atoms with Crippen molar-refractivity contribution in [3.8, 4) is 0 Å². The lowest BCUT2D eigenvalue weighted by Crippen LogP contribution is -2.46. The molecule has 0 radical (unpaired) electrons. The number of ether oxygens (including phenoxy) is 1. The molecule has 1 atom stereocenters. The smallest absolute Gasteiger partial charge is 0.407 e. The average molecular weight is 386 g/mol. The monoisotopic (exact) mass is 386 g/mol. The Bertz CT molecular complexity index is 557. The van der Waals surface area contributed by atoms with Crippen molar-refractivity contribution in [2.75, 3.05) is 26.2 Å². The number of rotatable bonds is 14. The van der Waals surface area contributed by atoms with Crippen LogP contribution in [0.15, 0.2) is 24.3 Å². The molecule has 0 heterocycles. The fourth-order valence-electron chi connectivity index (χ4n) is 2.22. The number of aliphatic carboxylic acids is 3. The second-order valence-electron chi connectivity index (χ2n) is 5.79. The zero-order chi connectivity index (χ0) is 20.8. The van der Waals surface area contributed by atoms with Crippen LogP contribution in [0, 0.1) is 0 Å². The van der Waals surface area contributed by atoms with Crippen LogP contribution >= 0.6 is 0 Å². The summed E-state index contributed by atoms with van der Waals surface area (Å²) in [4.78, 5) is 45.4. The molecule has 0 rings (SSSR count). The van der Waals surface area contributed by atoms with E-state index in [0.717, 1.165) is 10.5 Å². The molecule has 0 spiro atoms. The number of hydrogen-bond donors (Lipinski definition) is 4. The van der Waals surface area contributed by atoms with Gasteiger partial charge in [0.25, 0.3) is 0 Å². The number of carbonyl (C=O) groups is 4. The number of nitrogens with one attached hydrogen (secondary N) is 1. The van der Waals surface area contributed by atoms with Crippen molar-refractivity contribution in [2.24, 2.45) is 0 Å². The van der Waals surface area contributed by atoms with Crippen LogP contribution in [0.5, 0.6) is 0 Å². The summed E-state index contributed by atoms with van der Waals surface area (Å²) < 4.78 is 4.95. The predicted molar refractivity (Wildman–Crippen MR) is 95.4 cm³/mol. The number of allylic oxidation sites excluding steroid dienone is 2. The number of carboxylic acid groups (broad SMARTS) is 3. The molecule has 0 bridgehead atoms. The van der Waals surface area contributed by atoms with Gasteiger partial charge in [0.2, 0.25) is 0 Å². The van der Waals surface area contributed by atoms with Crippen LogP contribution < -0.4 is 5.32 Å². The van der Waals surface area contributed by atoms with Crippen LogP contribution in [0.25, 0.3) is 0 Å². The van der Waals surface area contributed by atoms with Crippen LogP contribution in [-0.2, 0) is 19.1 Å². The summed E-state index contributed by atoms with van der Waals surface area (Å²) in [5.74, 6) is -3.92. The van der Waals surface area contributed by atoms with Gasteiger partial charge in [0, 0.05) is 6.54 Å². The van der Waals surface area contributed by atoms with E-state index in [4.69, 9.17) is 14.9 Å². The molecule has 0 aromatic heterocycles. The number of carbonyl (C=O) groups excluding carboxylic acids is 1. The highest BCUT2D eigenvalue weighted by atomic mass is 16.5. The third-order valence-corrected chi connectivity index (χ3v) is 3.41. The maximum Gasteiger partial charge on any atom is 0.407 e. The third-order valence-electron chi connectivity index (χ3n) is 3.41. The fourth-order valence-corrected chi connectivity index (χ4v) is 2.22. The Morgan fingerprint density at radius 2 is 1.70 bits per heavy atom. The minimum absolute atomic E-state index is 0.0494. The molecule has 152 valence electrons. The molecule has 0 fully saturated rings. The van der Waals surface area contributed by atoms with Gasteiger partial charge >= 0.3 is 24.0 Å². The van der Waals surface area contributed by atoms with Crippen molar-refractivity contribution < 1.29 is 39.2 Å². The van der Waals surface area contributed by atoms with E-state index in [-0.39, 0.29) is 19.6 Å². The normalized spacial score (nSPS) is 12.3. The molecule has 0 saturated carbocycles. The van der Waals surface area contributed by atoms with Gasteiger partial charge in [-0.15, -0.1) is 0 Å². The van der Waals surface area contributed by atoms with Crippen LogP contribution in [0.2, 0.25) is 0 Å². The van der Waals surface area contributed by atoms with Crippen molar-refractivity contribution in [2.45, 2.75) is 32.2 Å². The van der Waals surface area contributed by atoms with E-state index in [0.29, 0.717) is 12.8 Å². The minimum Gasteiger partial charge on any atom is -0.480 e. The van der Waals surface area contributed by atoms with Gasteiger partial charge in [-0.05, 0) is 31.8 Å². The molecule has 0 aliphatic rings. The highest BCUT2D eigenvalue weighted by molar-refractivity contribution is 5.78. The van der Waals surface area contributed by atoms with E-state index < -0.39 is 43.1 Å². The Balaban J connectivity index is 4.35. The minimum atomic E-state index is -1.31. The number of unbranched alkanes of at least 4 members (excludes halogenated alkanes) is 1. The van der Waals surface area contributed by atoms with Gasteiger partial charge in [-0.1, -0.05) is 18.7 Å². The fraction of sp³-hybridized carbons (Fsp3) is 0.529. The number of hydrogen-bond acceptors (Lipinski definition) is 6. The van der Waals surface area contributed by atoms with Crippen molar-refractivity contribution in [3.63, 3.8) is 0 Å². The first-order valence-electron chi connectivity index (χ1n) is 8.26. The van der Waals surface area contributed by atoms with E-state index >= 15 is 0 Å². The van der Waals surface area contributed by atoms with Crippen LogP contribution in [0.4, 0.5) is 4.79 Å². The van der Waals surface area contributed by atoms with Crippen molar-refractivity contribution in [3.05, 3.63) is 24.3 Å². The molecule has 10 heteroatoms. The maximum absolute atomic E-state index is 11.5. The molecule has 0 aromatic carbocycles. The molecule has 0 aliphatic carbocycles. The van der Waals surface area contributed by atoms with Crippen LogP contribution in [0.3, 0.4) is 0 Å². The number of alkyl carbamates (subject to hydrolysis) is 1. The third kappa shape index (κ3) is 12.2. The Labute approximate surface area is 157 Å². The zero-order valence-electron chi connectivity index (χ0n) is 15.2. The summed E-state index contributed by atoms with van der Waals surface area (Å²) >= 11 is 0. The molecular weight excluding hydrogens is 360 g/mol. The largest absolute Gasteiger partial charge is 0.480 e. The average Bonchev–Trinajstić information content (AvgIpc) is 2.54. The lowest BCUT2D eigenvalue weighted by atomic mass is 10.1. The first kappa shape index (κ1) is 24.1. The van der Waals surface area contributed by atoms with Crippen molar-refractivity contribution in [1.82, 2.24) is 10.2 Å². The summed E-state index contributed by atoms with van der Waals surface area (Å²) in [6.07, 6.45) is 3.50. The second-order valence-corrected chi connectivity index (χ2v) is 5.79. The quantitative estimate of drug-likeness (QED) is 0.252. The summed E-state index contributed by atoms with van der Waals surface area (Å²) in [7, 11) is 0. The molecule has 1 unspecified atom stereocenters. The van der Waals surface area contributed by atoms with Gasteiger partial charge in [0.15, 0.2) is 0 Å². The van der Waals surface area contributed by atoms with Gasteiger partial charge in [-0.25, -0.2) is 4.79 Å². The van der Waals surface area contributed by atoms with E-state index in [1.54, 1.807) is 19.1 Å². The van der Waals surface area contributed by atoms with Crippen LogP contribution in [-0.4, -0.2) is 76.5 Å². The predicted octanol–water partition coefficient (Wildman–Crippen LogP) is 0.940. The number of amides is 1. The number of nitrogens with zero attached hydrogens (tertiary/aromatic N) is 1. The lowest BCUT2D eigenvalue weighted by Gasteiger charge is -2.25. The first-order valence-corrected chi connectivity index (χ1v) is 8.26. The molecule has 0 aliphatic heterocycles. The Morgan fingerprint density at radius 3 is 2.19 bits per heavy atom. The highest BCUT2D eigenvalue weighted by Gasteiger charge is 2.28. The van der Waals surface area contributed by atoms with Gasteiger partial charge in [0.05, 0.1) is 13.1 Å². The molecule has 27 heavy (non-hydrogen) atoms. The second kappa shape index (κ2) is 13.3. The van der Waals surface area contributed by atoms with Gasteiger partial charge in [-0.2, -0.15) is 0 Å². The molecular formula is C17H26N2O8. The first-order chi connectivity index (χ1) is 12.7. The Kier molecular flexibility index (Phi) is 11.9. The van der Waals surface area contributed by atoms with Crippen molar-refractivity contribution >= 4 is 24.0 Å². The number of carboxylic acids is 3.